The van der Waals surface area contributed by atoms with Crippen LogP contribution in [0.1, 0.15) is 39.0 Å². The lowest BCUT2D eigenvalue weighted by molar-refractivity contribution is -0.755. The molecule has 0 radical (unpaired) electrons. The first-order valence-electron chi connectivity index (χ1n) is 10.5. The maximum absolute atomic E-state index is 12.8. The van der Waals surface area contributed by atoms with E-state index in [9.17, 15) is 18.3 Å². The first kappa shape index (κ1) is 24.6. The molecule has 1 saturated heterocycles. The molecule has 184 valence electrons. The fraction of sp³-hybridized carbons (Fsp3) is 0.381. The van der Waals surface area contributed by atoms with Gasteiger partial charge in [0.05, 0.1) is 34.7 Å². The Kier molecular flexibility index (Phi) is 6.28. The number of alkyl halides is 3. The molecule has 14 heteroatoms. The van der Waals surface area contributed by atoms with Gasteiger partial charge in [-0.15, -0.1) is 0 Å². The van der Waals surface area contributed by atoms with Crippen molar-refractivity contribution in [1.82, 2.24) is 15.2 Å². The molecule has 35 heavy (non-hydrogen) atoms. The summed E-state index contributed by atoms with van der Waals surface area (Å²) in [4.78, 5) is 11.5. The van der Waals surface area contributed by atoms with Gasteiger partial charge in [0.2, 0.25) is 11.8 Å². The van der Waals surface area contributed by atoms with Crippen LogP contribution in [-0.4, -0.2) is 39.6 Å². The fourth-order valence-electron chi connectivity index (χ4n) is 3.12. The highest BCUT2D eigenvalue weighted by Gasteiger charge is 2.51. The highest BCUT2D eigenvalue weighted by Crippen LogP contribution is 2.36. The average Bonchev–Trinajstić information content (AvgIpc) is 3.28. The minimum Gasteiger partial charge on any atom is -0.846 e. The highest BCUT2D eigenvalue weighted by molar-refractivity contribution is 6.62. The summed E-state index contributed by atoms with van der Waals surface area (Å²) in [6, 6.07) is 3.43. The Morgan fingerprint density at radius 2 is 1.86 bits per heavy atom. The standard InChI is InChI=1S/C21H22BF3N6O4/c1-19(2)20(3,4)35-22(34-19)14-5-6-15(27-9-14)11-31-12-17(33-30-31)29-18(32)28-16-7-13(8-26-10-16)21(23,24)25/h5-10,12H,11H2,1-4H3,(H-,28,29,30,32). The van der Waals surface area contributed by atoms with Crippen LogP contribution in [0.25, 0.3) is 0 Å². The Hall–Kier alpha value is -3.52. The molecule has 0 spiro atoms. The molecule has 4 heterocycles. The number of nitrogens with zero attached hydrogens (tertiary/aromatic N) is 5. The number of nitrogens with one attached hydrogen (secondary N) is 1. The zero-order chi connectivity index (χ0) is 25.4. The van der Waals surface area contributed by atoms with Crippen molar-refractivity contribution in [2.45, 2.75) is 51.6 Å². The van der Waals surface area contributed by atoms with E-state index in [1.165, 1.54) is 10.9 Å². The van der Waals surface area contributed by atoms with Gasteiger partial charge in [0, 0.05) is 17.9 Å². The summed E-state index contributed by atoms with van der Waals surface area (Å²) in [5.74, 6) is -0.142. The Morgan fingerprint density at radius 3 is 2.49 bits per heavy atom. The topological polar surface area (TPSA) is 122 Å². The first-order valence-corrected chi connectivity index (χ1v) is 10.5. The summed E-state index contributed by atoms with van der Waals surface area (Å²) >= 11 is 0. The van der Waals surface area contributed by atoms with Crippen LogP contribution in [0.5, 0.6) is 0 Å². The molecule has 1 aliphatic heterocycles. The third-order valence-corrected chi connectivity index (χ3v) is 5.72. The van der Waals surface area contributed by atoms with E-state index in [4.69, 9.17) is 13.8 Å². The van der Waals surface area contributed by atoms with Crippen molar-refractivity contribution in [3.8, 4) is 0 Å². The van der Waals surface area contributed by atoms with E-state index in [1.54, 1.807) is 12.3 Å². The predicted molar refractivity (Wildman–Crippen MR) is 116 cm³/mol. The second kappa shape index (κ2) is 8.93. The van der Waals surface area contributed by atoms with Crippen molar-refractivity contribution >= 4 is 30.2 Å². The molecule has 0 bridgehead atoms. The summed E-state index contributed by atoms with van der Waals surface area (Å²) in [7, 11) is -0.530. The monoisotopic (exact) mass is 490 g/mol. The highest BCUT2D eigenvalue weighted by atomic mass is 19.4. The van der Waals surface area contributed by atoms with E-state index < -0.39 is 36.1 Å². The molecule has 1 N–H and O–H groups in total. The second-order valence-electron chi connectivity index (χ2n) is 8.91. The van der Waals surface area contributed by atoms with Crippen LogP contribution in [0.2, 0.25) is 0 Å². The predicted octanol–water partition coefficient (Wildman–Crippen LogP) is 1.58. The van der Waals surface area contributed by atoms with Gasteiger partial charge in [0.15, 0.2) is 0 Å². The molecule has 4 rings (SSSR count). The molecular weight excluding hydrogens is 468 g/mol. The van der Waals surface area contributed by atoms with E-state index in [1.807, 2.05) is 33.8 Å². The summed E-state index contributed by atoms with van der Waals surface area (Å²) < 4.78 is 56.7. The van der Waals surface area contributed by atoms with Crippen LogP contribution >= 0.6 is 0 Å². The van der Waals surface area contributed by atoms with Crippen LogP contribution < -0.4 is 20.6 Å². The summed E-state index contributed by atoms with van der Waals surface area (Å²) in [5.41, 5.74) is -0.659. The van der Waals surface area contributed by atoms with Gasteiger partial charge in [0.25, 0.3) is 6.20 Å². The number of aromatic nitrogens is 4. The van der Waals surface area contributed by atoms with Crippen LogP contribution in [0.15, 0.2) is 52.5 Å². The Balaban J connectivity index is 1.38. The molecule has 10 nitrogen and oxygen atoms in total. The second-order valence-corrected chi connectivity index (χ2v) is 8.91. The van der Waals surface area contributed by atoms with E-state index in [2.05, 4.69) is 25.5 Å². The maximum atomic E-state index is 12.8. The van der Waals surface area contributed by atoms with E-state index in [0.717, 1.165) is 17.7 Å². The summed E-state index contributed by atoms with van der Waals surface area (Å²) in [6.45, 7) is 8.09. The van der Waals surface area contributed by atoms with E-state index in [-0.39, 0.29) is 18.1 Å². The number of anilines is 1. The van der Waals surface area contributed by atoms with Crippen LogP contribution in [0.3, 0.4) is 0 Å². The fourth-order valence-corrected chi connectivity index (χ4v) is 3.12. The first-order chi connectivity index (χ1) is 16.3. The zero-order valence-electron chi connectivity index (χ0n) is 19.3. The van der Waals surface area contributed by atoms with Crippen molar-refractivity contribution < 1.29 is 36.8 Å². The van der Waals surface area contributed by atoms with Crippen LogP contribution in [0.4, 0.5) is 24.7 Å². The maximum Gasteiger partial charge on any atom is 0.496 e. The van der Waals surface area contributed by atoms with Gasteiger partial charge in [-0.1, -0.05) is 6.07 Å². The Morgan fingerprint density at radius 1 is 1.14 bits per heavy atom. The smallest absolute Gasteiger partial charge is 0.496 e. The molecule has 1 aliphatic rings. The third-order valence-electron chi connectivity index (χ3n) is 5.72. The van der Waals surface area contributed by atoms with Crippen LogP contribution in [0, 0.1) is 0 Å². The van der Waals surface area contributed by atoms with Gasteiger partial charge in [0.1, 0.15) is 5.69 Å². The summed E-state index contributed by atoms with van der Waals surface area (Å²) in [6.07, 6.45) is 0.149. The number of halogens is 3. The number of rotatable bonds is 5. The van der Waals surface area contributed by atoms with Crippen molar-refractivity contribution in [2.24, 2.45) is 4.99 Å². The minimum absolute atomic E-state index is 0.142. The van der Waals surface area contributed by atoms with Gasteiger partial charge in [-0.2, -0.15) is 13.2 Å². The number of amidine groups is 1. The molecule has 0 atom stereocenters. The zero-order valence-corrected chi connectivity index (χ0v) is 19.3. The molecule has 3 aromatic rings. The van der Waals surface area contributed by atoms with E-state index >= 15 is 0 Å². The lowest BCUT2D eigenvalue weighted by Gasteiger charge is -2.32. The number of hydrogen-bond acceptors (Lipinski definition) is 8. The molecule has 1 fully saturated rings. The van der Waals surface area contributed by atoms with Crippen molar-refractivity contribution in [3.05, 3.63) is 54.2 Å². The van der Waals surface area contributed by atoms with Gasteiger partial charge in [-0.25, -0.2) is 4.99 Å². The lowest BCUT2D eigenvalue weighted by Crippen LogP contribution is -2.41. The Labute approximate surface area is 198 Å². The van der Waals surface area contributed by atoms with Crippen molar-refractivity contribution in [1.29, 1.82) is 0 Å². The van der Waals surface area contributed by atoms with Gasteiger partial charge >= 0.3 is 19.2 Å². The quantitative estimate of drug-likeness (QED) is 0.248. The lowest BCUT2D eigenvalue weighted by atomic mass is 9.80. The van der Waals surface area contributed by atoms with Gasteiger partial charge in [-0.3, -0.25) is 14.5 Å². The number of hydrogen-bond donors (Lipinski definition) is 1. The van der Waals surface area contributed by atoms with E-state index in [0.29, 0.717) is 11.9 Å². The van der Waals surface area contributed by atoms with Gasteiger partial charge in [-0.05, 0) is 44.5 Å². The average molecular weight is 490 g/mol. The molecule has 3 aromatic heterocycles. The number of pyridine rings is 2. The van der Waals surface area contributed by atoms with Crippen molar-refractivity contribution in [3.63, 3.8) is 0 Å². The van der Waals surface area contributed by atoms with Gasteiger partial charge < -0.3 is 19.7 Å². The molecule has 0 saturated carbocycles. The largest absolute Gasteiger partial charge is 0.846 e. The van der Waals surface area contributed by atoms with Crippen molar-refractivity contribution in [2.75, 3.05) is 5.32 Å². The molecular formula is C21H22BF3N6O4. The normalized spacial score (nSPS) is 17.6. The third kappa shape index (κ3) is 5.60. The summed E-state index contributed by atoms with van der Waals surface area (Å²) in [5, 5.41) is 18.0. The molecule has 0 unspecified atom stereocenters. The number of aliphatic imine (C=N–C) groups is 1. The molecule has 0 aromatic carbocycles. The molecule has 0 amide bonds. The minimum atomic E-state index is -4.59. The van der Waals surface area contributed by atoms with Crippen LogP contribution in [-0.2, 0) is 22.0 Å². The Bertz CT molecular complexity index is 1210. The SMILES string of the molecule is CC1(C)OB(c2ccc(C[n+]3cc(N=C([O-])Nc4cncc(C(F)(F)F)c4)on3)nc2)OC1(C)C. The molecule has 0 aliphatic carbocycles.